The summed E-state index contributed by atoms with van der Waals surface area (Å²) in [6, 6.07) is 7.69. The van der Waals surface area contributed by atoms with Gasteiger partial charge >= 0.3 is 0 Å². The van der Waals surface area contributed by atoms with Crippen molar-refractivity contribution in [1.82, 2.24) is 20.6 Å². The lowest BCUT2D eigenvalue weighted by Gasteiger charge is -2.11. The van der Waals surface area contributed by atoms with E-state index in [-0.39, 0.29) is 23.9 Å². The number of nitrogens with zero attached hydrogens (tertiary/aromatic N) is 1. The number of aryl methyl sites for hydroxylation is 1. The number of carbonyl (C=O) groups is 1. The Hall–Kier alpha value is -1.92. The Morgan fingerprint density at radius 3 is 2.96 bits per heavy atom. The van der Waals surface area contributed by atoms with Crippen LogP contribution in [0.2, 0.25) is 0 Å². The van der Waals surface area contributed by atoms with E-state index < -0.39 is 0 Å². The molecule has 3 N–H and O–H groups in total. The fourth-order valence-electron chi connectivity index (χ4n) is 2.93. The van der Waals surface area contributed by atoms with Gasteiger partial charge in [0.15, 0.2) is 0 Å². The van der Waals surface area contributed by atoms with Crippen LogP contribution in [0.25, 0.3) is 10.9 Å². The van der Waals surface area contributed by atoms with Gasteiger partial charge in [-0.1, -0.05) is 12.1 Å². The second kappa shape index (κ2) is 8.80. The van der Waals surface area contributed by atoms with Gasteiger partial charge in [0.1, 0.15) is 5.82 Å². The lowest BCUT2D eigenvalue weighted by molar-refractivity contribution is -0.121. The predicted octanol–water partition coefficient (Wildman–Crippen LogP) is 1.54. The van der Waals surface area contributed by atoms with Gasteiger partial charge in [0, 0.05) is 25.4 Å². The van der Waals surface area contributed by atoms with Crippen LogP contribution in [-0.2, 0) is 11.2 Å². The van der Waals surface area contributed by atoms with E-state index in [1.54, 1.807) is 6.07 Å². The van der Waals surface area contributed by atoms with Crippen molar-refractivity contribution >= 4 is 29.2 Å². The number of fused-ring (bicyclic) bond motifs is 1. The first-order valence-electron chi connectivity index (χ1n) is 8.20. The molecule has 2 aromatic rings. The molecule has 1 fully saturated rings. The second-order valence-corrected chi connectivity index (χ2v) is 5.98. The van der Waals surface area contributed by atoms with E-state index in [0.29, 0.717) is 48.6 Å². The molecule has 0 aliphatic carbocycles. The number of halogens is 1. The summed E-state index contributed by atoms with van der Waals surface area (Å²) in [4.78, 5) is 31.0. The van der Waals surface area contributed by atoms with Gasteiger partial charge in [-0.2, -0.15) is 0 Å². The molecule has 1 aliphatic rings. The molecule has 1 unspecified atom stereocenters. The fraction of sp³-hybridized carbons (Fsp3) is 0.471. The van der Waals surface area contributed by atoms with Gasteiger partial charge in [0.05, 0.1) is 10.9 Å². The Labute approximate surface area is 146 Å². The molecule has 1 aliphatic heterocycles. The van der Waals surface area contributed by atoms with Crippen LogP contribution in [-0.4, -0.2) is 35.0 Å². The van der Waals surface area contributed by atoms with Gasteiger partial charge in [-0.05, 0) is 37.9 Å². The van der Waals surface area contributed by atoms with E-state index in [4.69, 9.17) is 0 Å². The minimum atomic E-state index is -0.123. The maximum atomic E-state index is 12.0. The Morgan fingerprint density at radius 2 is 2.17 bits per heavy atom. The minimum absolute atomic E-state index is 0. The third-order valence-corrected chi connectivity index (χ3v) is 4.19. The minimum Gasteiger partial charge on any atom is -0.355 e. The first-order chi connectivity index (χ1) is 11.2. The Bertz CT molecular complexity index is 741. The standard InChI is InChI=1S/C17H22N4O2.ClH/c22-16(19-11-12-5-4-10-18-12)9-3-8-15-20-14-7-2-1-6-13(14)17(23)21-15;/h1-2,6-7,12,18H,3-5,8-11H2,(H,19,22)(H,20,21,23);1H. The van der Waals surface area contributed by atoms with Crippen molar-refractivity contribution in [2.45, 2.75) is 38.1 Å². The highest BCUT2D eigenvalue weighted by molar-refractivity contribution is 5.85. The second-order valence-electron chi connectivity index (χ2n) is 5.98. The molecular formula is C17H23ClN4O2. The lowest BCUT2D eigenvalue weighted by Crippen LogP contribution is -2.37. The van der Waals surface area contributed by atoms with Gasteiger partial charge < -0.3 is 15.6 Å². The number of carbonyl (C=O) groups excluding carboxylic acids is 1. The monoisotopic (exact) mass is 350 g/mol. The quantitative estimate of drug-likeness (QED) is 0.737. The maximum Gasteiger partial charge on any atom is 0.258 e. The SMILES string of the molecule is Cl.O=C(CCCc1nc2ccccc2c(=O)[nH]1)NCC1CCCN1. The highest BCUT2D eigenvalue weighted by Gasteiger charge is 2.14. The van der Waals surface area contributed by atoms with E-state index >= 15 is 0 Å². The smallest absolute Gasteiger partial charge is 0.258 e. The van der Waals surface area contributed by atoms with Gasteiger partial charge in [-0.3, -0.25) is 9.59 Å². The highest BCUT2D eigenvalue weighted by atomic mass is 35.5. The number of para-hydroxylation sites is 1. The predicted molar refractivity (Wildman–Crippen MR) is 96.6 cm³/mol. The average Bonchev–Trinajstić information content (AvgIpc) is 3.06. The third-order valence-electron chi connectivity index (χ3n) is 4.19. The molecule has 130 valence electrons. The number of benzene rings is 1. The molecule has 1 saturated heterocycles. The van der Waals surface area contributed by atoms with Crippen LogP contribution < -0.4 is 16.2 Å². The van der Waals surface area contributed by atoms with E-state index in [1.165, 1.54) is 6.42 Å². The van der Waals surface area contributed by atoms with Crippen molar-refractivity contribution in [3.8, 4) is 0 Å². The highest BCUT2D eigenvalue weighted by Crippen LogP contribution is 2.07. The van der Waals surface area contributed by atoms with Crippen LogP contribution in [0.4, 0.5) is 0 Å². The van der Waals surface area contributed by atoms with Crippen molar-refractivity contribution in [3.05, 3.63) is 40.4 Å². The molecule has 1 amide bonds. The number of hydrogen-bond donors (Lipinski definition) is 3. The van der Waals surface area contributed by atoms with Gasteiger partial charge in [0.2, 0.25) is 5.91 Å². The number of aromatic nitrogens is 2. The summed E-state index contributed by atoms with van der Waals surface area (Å²) in [6.07, 6.45) is 4.02. The van der Waals surface area contributed by atoms with Crippen molar-refractivity contribution in [3.63, 3.8) is 0 Å². The average molecular weight is 351 g/mol. The number of H-pyrrole nitrogens is 1. The van der Waals surface area contributed by atoms with Crippen LogP contribution in [0.3, 0.4) is 0 Å². The number of amides is 1. The van der Waals surface area contributed by atoms with Crippen molar-refractivity contribution in [2.24, 2.45) is 0 Å². The Balaban J connectivity index is 0.00000208. The summed E-state index contributed by atoms with van der Waals surface area (Å²) in [7, 11) is 0. The molecule has 2 heterocycles. The number of aromatic amines is 1. The number of nitrogens with one attached hydrogen (secondary N) is 3. The summed E-state index contributed by atoms with van der Waals surface area (Å²) in [5.41, 5.74) is 0.574. The number of rotatable bonds is 6. The van der Waals surface area contributed by atoms with Crippen molar-refractivity contribution in [2.75, 3.05) is 13.1 Å². The molecule has 7 heteroatoms. The summed E-state index contributed by atoms with van der Waals surface area (Å²) in [5, 5.41) is 6.91. The van der Waals surface area contributed by atoms with Crippen LogP contribution >= 0.6 is 12.4 Å². The van der Waals surface area contributed by atoms with Gasteiger partial charge in [-0.15, -0.1) is 12.4 Å². The normalized spacial score (nSPS) is 16.8. The summed E-state index contributed by atoms with van der Waals surface area (Å²) >= 11 is 0. The zero-order valence-electron chi connectivity index (χ0n) is 13.5. The molecular weight excluding hydrogens is 328 g/mol. The molecule has 0 radical (unpaired) electrons. The fourth-order valence-corrected chi connectivity index (χ4v) is 2.93. The van der Waals surface area contributed by atoms with Crippen LogP contribution in [0.15, 0.2) is 29.1 Å². The Morgan fingerprint density at radius 1 is 1.33 bits per heavy atom. The molecule has 0 spiro atoms. The van der Waals surface area contributed by atoms with E-state index in [2.05, 4.69) is 20.6 Å². The first kappa shape index (κ1) is 18.4. The molecule has 1 aromatic heterocycles. The van der Waals surface area contributed by atoms with E-state index in [0.717, 1.165) is 13.0 Å². The largest absolute Gasteiger partial charge is 0.355 e. The molecule has 0 bridgehead atoms. The van der Waals surface area contributed by atoms with Crippen molar-refractivity contribution < 1.29 is 4.79 Å². The molecule has 1 atom stereocenters. The van der Waals surface area contributed by atoms with Gasteiger partial charge in [0.25, 0.3) is 5.56 Å². The van der Waals surface area contributed by atoms with Crippen LogP contribution in [0.1, 0.15) is 31.5 Å². The summed E-state index contributed by atoms with van der Waals surface area (Å²) < 4.78 is 0. The molecule has 1 aromatic carbocycles. The zero-order valence-corrected chi connectivity index (χ0v) is 14.3. The first-order valence-corrected chi connectivity index (χ1v) is 8.20. The molecule has 3 rings (SSSR count). The van der Waals surface area contributed by atoms with Crippen LogP contribution in [0, 0.1) is 0 Å². The molecule has 6 nitrogen and oxygen atoms in total. The van der Waals surface area contributed by atoms with Gasteiger partial charge in [-0.25, -0.2) is 4.98 Å². The topological polar surface area (TPSA) is 86.9 Å². The Kier molecular flexibility index (Phi) is 6.75. The summed E-state index contributed by atoms with van der Waals surface area (Å²) in [6.45, 7) is 1.74. The maximum absolute atomic E-state index is 12.0. The lowest BCUT2D eigenvalue weighted by atomic mass is 10.2. The van der Waals surface area contributed by atoms with E-state index in [1.807, 2.05) is 18.2 Å². The number of hydrogen-bond acceptors (Lipinski definition) is 4. The molecule has 24 heavy (non-hydrogen) atoms. The zero-order chi connectivity index (χ0) is 16.1. The van der Waals surface area contributed by atoms with Crippen LogP contribution in [0.5, 0.6) is 0 Å². The van der Waals surface area contributed by atoms with E-state index in [9.17, 15) is 9.59 Å². The molecule has 0 saturated carbocycles. The summed E-state index contributed by atoms with van der Waals surface area (Å²) in [5.74, 6) is 0.695. The third kappa shape index (κ3) is 4.79. The van der Waals surface area contributed by atoms with Crippen molar-refractivity contribution in [1.29, 1.82) is 0 Å².